The minimum absolute atomic E-state index is 0.719. The van der Waals surface area contributed by atoms with E-state index in [0.29, 0.717) is 0 Å². The summed E-state index contributed by atoms with van der Waals surface area (Å²) in [6.45, 7) is 2.74. The normalized spacial score (nSPS) is 14.5. The van der Waals surface area contributed by atoms with E-state index in [4.69, 9.17) is 0 Å². The van der Waals surface area contributed by atoms with Crippen LogP contribution in [-0.4, -0.2) is 28.8 Å². The Morgan fingerprint density at radius 3 is 3.16 bits per heavy atom. The van der Waals surface area contributed by atoms with Crippen molar-refractivity contribution in [2.45, 2.75) is 25.9 Å². The summed E-state index contributed by atoms with van der Waals surface area (Å²) in [5.41, 5.74) is 4.17. The molecule has 1 aliphatic rings. The Labute approximate surface area is 113 Å². The van der Waals surface area contributed by atoms with Crippen molar-refractivity contribution in [2.75, 3.05) is 18.5 Å². The average Bonchev–Trinajstić information content (AvgIpc) is 2.92. The number of aryl methyl sites for hydroxylation is 1. The summed E-state index contributed by atoms with van der Waals surface area (Å²) in [5, 5.41) is 10.1. The molecule has 5 heteroatoms. The molecule has 0 amide bonds. The van der Waals surface area contributed by atoms with Gasteiger partial charge in [0.15, 0.2) is 0 Å². The monoisotopic (exact) mass is 257 g/mol. The molecule has 0 bridgehead atoms. The van der Waals surface area contributed by atoms with E-state index in [1.165, 1.54) is 36.0 Å². The zero-order valence-electron chi connectivity index (χ0n) is 11.2. The van der Waals surface area contributed by atoms with Gasteiger partial charge in [-0.15, -0.1) is 0 Å². The van der Waals surface area contributed by atoms with Gasteiger partial charge in [0.2, 0.25) is 0 Å². The molecule has 0 aliphatic carbocycles. The van der Waals surface area contributed by atoms with Crippen LogP contribution >= 0.6 is 0 Å². The van der Waals surface area contributed by atoms with Gasteiger partial charge in [-0.1, -0.05) is 12.1 Å². The van der Waals surface area contributed by atoms with Crippen molar-refractivity contribution >= 4 is 5.69 Å². The lowest BCUT2D eigenvalue weighted by atomic mass is 9.99. The lowest BCUT2D eigenvalue weighted by Gasteiger charge is -2.27. The SMILES string of the molecule is CN1CCCc2cc(CNCc3ncn[nH]3)ccc21. The van der Waals surface area contributed by atoms with E-state index in [9.17, 15) is 0 Å². The van der Waals surface area contributed by atoms with Crippen LogP contribution in [0.4, 0.5) is 5.69 Å². The lowest BCUT2D eigenvalue weighted by molar-refractivity contribution is 0.662. The highest BCUT2D eigenvalue weighted by Crippen LogP contribution is 2.26. The number of benzene rings is 1. The highest BCUT2D eigenvalue weighted by Gasteiger charge is 2.13. The van der Waals surface area contributed by atoms with Crippen LogP contribution in [0.5, 0.6) is 0 Å². The summed E-state index contributed by atoms with van der Waals surface area (Å²) in [7, 11) is 2.17. The number of aromatic amines is 1. The van der Waals surface area contributed by atoms with Crippen molar-refractivity contribution in [2.24, 2.45) is 0 Å². The number of anilines is 1. The first-order valence-corrected chi connectivity index (χ1v) is 6.71. The summed E-state index contributed by atoms with van der Waals surface area (Å²) in [6, 6.07) is 6.76. The first kappa shape index (κ1) is 12.2. The van der Waals surface area contributed by atoms with E-state index in [2.05, 4.69) is 50.6 Å². The van der Waals surface area contributed by atoms with Crippen molar-refractivity contribution in [3.8, 4) is 0 Å². The molecule has 2 heterocycles. The maximum absolute atomic E-state index is 4.09. The molecule has 19 heavy (non-hydrogen) atoms. The van der Waals surface area contributed by atoms with Crippen molar-refractivity contribution in [3.63, 3.8) is 0 Å². The molecule has 1 aromatic heterocycles. The molecule has 5 nitrogen and oxygen atoms in total. The summed E-state index contributed by atoms with van der Waals surface area (Å²) in [5.74, 6) is 0.873. The zero-order chi connectivity index (χ0) is 13.1. The van der Waals surface area contributed by atoms with Crippen molar-refractivity contribution in [1.82, 2.24) is 20.5 Å². The van der Waals surface area contributed by atoms with Crippen LogP contribution in [0.1, 0.15) is 23.4 Å². The molecule has 1 aliphatic heterocycles. The van der Waals surface area contributed by atoms with Crippen LogP contribution in [0.25, 0.3) is 0 Å². The molecule has 0 saturated heterocycles. The van der Waals surface area contributed by atoms with Crippen LogP contribution < -0.4 is 10.2 Å². The van der Waals surface area contributed by atoms with Gasteiger partial charge in [0.25, 0.3) is 0 Å². The topological polar surface area (TPSA) is 56.8 Å². The quantitative estimate of drug-likeness (QED) is 0.871. The summed E-state index contributed by atoms with van der Waals surface area (Å²) in [6.07, 6.45) is 3.97. The third-order valence-electron chi connectivity index (χ3n) is 3.58. The predicted octanol–water partition coefficient (Wildman–Crippen LogP) is 1.48. The molecule has 2 aromatic rings. The van der Waals surface area contributed by atoms with Gasteiger partial charge in [-0.25, -0.2) is 4.98 Å². The first-order chi connectivity index (χ1) is 9.33. The van der Waals surface area contributed by atoms with Gasteiger partial charge in [0.1, 0.15) is 12.2 Å². The van der Waals surface area contributed by atoms with Crippen LogP contribution in [-0.2, 0) is 19.5 Å². The van der Waals surface area contributed by atoms with Gasteiger partial charge in [0, 0.05) is 25.8 Å². The molecule has 1 aromatic carbocycles. The molecule has 0 unspecified atom stereocenters. The zero-order valence-corrected chi connectivity index (χ0v) is 11.2. The molecular formula is C14H19N5. The van der Waals surface area contributed by atoms with E-state index >= 15 is 0 Å². The van der Waals surface area contributed by atoms with Gasteiger partial charge in [-0.05, 0) is 30.0 Å². The number of hydrogen-bond acceptors (Lipinski definition) is 4. The molecule has 0 atom stereocenters. The minimum atomic E-state index is 0.719. The Bertz CT molecular complexity index is 535. The largest absolute Gasteiger partial charge is 0.374 e. The lowest BCUT2D eigenvalue weighted by Crippen LogP contribution is -2.24. The minimum Gasteiger partial charge on any atom is -0.374 e. The first-order valence-electron chi connectivity index (χ1n) is 6.71. The number of nitrogens with one attached hydrogen (secondary N) is 2. The molecule has 0 saturated carbocycles. The molecular weight excluding hydrogens is 238 g/mol. The molecule has 0 spiro atoms. The van der Waals surface area contributed by atoms with Gasteiger partial charge >= 0.3 is 0 Å². The van der Waals surface area contributed by atoms with Crippen molar-refractivity contribution in [1.29, 1.82) is 0 Å². The molecule has 2 N–H and O–H groups in total. The number of aromatic nitrogens is 3. The fraction of sp³-hybridized carbons (Fsp3) is 0.429. The number of rotatable bonds is 4. The Kier molecular flexibility index (Phi) is 3.46. The van der Waals surface area contributed by atoms with Gasteiger partial charge in [-0.3, -0.25) is 5.10 Å². The summed E-state index contributed by atoms with van der Waals surface area (Å²) >= 11 is 0. The summed E-state index contributed by atoms with van der Waals surface area (Å²) < 4.78 is 0. The fourth-order valence-corrected chi connectivity index (χ4v) is 2.59. The molecule has 0 radical (unpaired) electrons. The van der Waals surface area contributed by atoms with E-state index in [1.54, 1.807) is 0 Å². The second-order valence-electron chi connectivity index (χ2n) is 5.02. The van der Waals surface area contributed by atoms with E-state index in [1.807, 2.05) is 0 Å². The maximum Gasteiger partial charge on any atom is 0.138 e. The van der Waals surface area contributed by atoms with E-state index in [-0.39, 0.29) is 0 Å². The number of hydrogen-bond donors (Lipinski definition) is 2. The fourth-order valence-electron chi connectivity index (χ4n) is 2.59. The summed E-state index contributed by atoms with van der Waals surface area (Å²) in [4.78, 5) is 6.43. The van der Waals surface area contributed by atoms with Crippen molar-refractivity contribution in [3.05, 3.63) is 41.5 Å². The third-order valence-corrected chi connectivity index (χ3v) is 3.58. The number of H-pyrrole nitrogens is 1. The Morgan fingerprint density at radius 2 is 2.32 bits per heavy atom. The highest BCUT2D eigenvalue weighted by atomic mass is 15.2. The van der Waals surface area contributed by atoms with Crippen molar-refractivity contribution < 1.29 is 0 Å². The highest BCUT2D eigenvalue weighted by molar-refractivity contribution is 5.56. The molecule has 0 fully saturated rings. The number of fused-ring (bicyclic) bond motifs is 1. The smallest absolute Gasteiger partial charge is 0.138 e. The van der Waals surface area contributed by atoms with Crippen LogP contribution in [0, 0.1) is 0 Å². The predicted molar refractivity (Wildman–Crippen MR) is 75.0 cm³/mol. The average molecular weight is 257 g/mol. The van der Waals surface area contributed by atoms with E-state index < -0.39 is 0 Å². The molecule has 100 valence electrons. The maximum atomic E-state index is 4.09. The standard InChI is InChI=1S/C14H19N5/c1-19-6-2-3-12-7-11(4-5-13(12)19)8-15-9-14-16-10-17-18-14/h4-5,7,10,15H,2-3,6,8-9H2,1H3,(H,16,17,18). The Balaban J connectivity index is 1.62. The Hall–Kier alpha value is -1.88. The number of nitrogens with zero attached hydrogens (tertiary/aromatic N) is 3. The Morgan fingerprint density at radius 1 is 1.37 bits per heavy atom. The molecule has 3 rings (SSSR count). The van der Waals surface area contributed by atoms with Crippen LogP contribution in [0.15, 0.2) is 24.5 Å². The van der Waals surface area contributed by atoms with Gasteiger partial charge in [0.05, 0.1) is 6.54 Å². The second-order valence-corrected chi connectivity index (χ2v) is 5.02. The van der Waals surface area contributed by atoms with Crippen LogP contribution in [0.2, 0.25) is 0 Å². The second kappa shape index (κ2) is 5.40. The third kappa shape index (κ3) is 2.76. The van der Waals surface area contributed by atoms with Crippen LogP contribution in [0.3, 0.4) is 0 Å². The van der Waals surface area contributed by atoms with Gasteiger partial charge in [-0.2, -0.15) is 5.10 Å². The van der Waals surface area contributed by atoms with E-state index in [0.717, 1.165) is 25.5 Å². The van der Waals surface area contributed by atoms with Gasteiger partial charge < -0.3 is 10.2 Å².